The average Bonchev–Trinajstić information content (AvgIpc) is 3.25. The predicted octanol–water partition coefficient (Wildman–Crippen LogP) is 3.70. The first-order valence-corrected chi connectivity index (χ1v) is 7.04. The molecule has 0 amide bonds. The van der Waals surface area contributed by atoms with Crippen LogP contribution in [-0.2, 0) is 4.74 Å². The summed E-state index contributed by atoms with van der Waals surface area (Å²) in [7, 11) is 0. The van der Waals surface area contributed by atoms with Crippen LogP contribution in [0.15, 0.2) is 85.0 Å². The molecule has 0 aromatic heterocycles. The van der Waals surface area contributed by atoms with Crippen molar-refractivity contribution in [2.24, 2.45) is 0 Å². The molecule has 4 rings (SSSR count). The van der Waals surface area contributed by atoms with Crippen LogP contribution in [0.1, 0.15) is 17.0 Å². The maximum Gasteiger partial charge on any atom is 0.128 e. The van der Waals surface area contributed by atoms with Crippen LogP contribution in [0.2, 0.25) is 0 Å². The van der Waals surface area contributed by atoms with Crippen LogP contribution in [-0.4, -0.2) is 49.4 Å². The van der Waals surface area contributed by atoms with Crippen molar-refractivity contribution in [1.82, 2.24) is 0 Å². The normalized spacial score (nSPS) is 25.3. The Labute approximate surface area is 155 Å². The van der Waals surface area contributed by atoms with Gasteiger partial charge in [0.2, 0.25) is 0 Å². The van der Waals surface area contributed by atoms with Gasteiger partial charge in [-0.1, -0.05) is 78.9 Å². The molecule has 1 heterocycles. The molecule has 1 aliphatic carbocycles. The zero-order chi connectivity index (χ0) is 13.4. The van der Waals surface area contributed by atoms with E-state index < -0.39 is 0 Å². The monoisotopic (exact) mass is 300 g/mol. The van der Waals surface area contributed by atoms with Gasteiger partial charge in [-0.05, 0) is 17.2 Å². The van der Waals surface area contributed by atoms with Crippen LogP contribution in [0.5, 0.6) is 0 Å². The Hall–Kier alpha value is -0.860. The molecule has 1 saturated heterocycles. The summed E-state index contributed by atoms with van der Waals surface area (Å²) in [5.41, 5.74) is 2.42. The van der Waals surface area contributed by atoms with E-state index in [0.717, 1.165) is 0 Å². The number of hydrogen-bond acceptors (Lipinski definition) is 1. The summed E-state index contributed by atoms with van der Waals surface area (Å²) in [5.74, 6) is 0.246. The average molecular weight is 300 g/mol. The van der Waals surface area contributed by atoms with Crippen molar-refractivity contribution in [3.63, 3.8) is 0 Å². The number of fused-ring (bicyclic) bond motifs is 1. The second kappa shape index (κ2) is 6.10. The first-order valence-electron chi connectivity index (χ1n) is 7.04. The van der Waals surface area contributed by atoms with E-state index in [0.29, 0.717) is 0 Å². The topological polar surface area (TPSA) is 12.5 Å². The molecule has 100 valence electrons. The van der Waals surface area contributed by atoms with Gasteiger partial charge in [0.25, 0.3) is 0 Å². The van der Waals surface area contributed by atoms with Crippen LogP contribution < -0.4 is 0 Å². The minimum Gasteiger partial charge on any atom is -0.356 e. The molecule has 1 fully saturated rings. The van der Waals surface area contributed by atoms with Gasteiger partial charge in [0.1, 0.15) is 11.7 Å². The van der Waals surface area contributed by atoms with E-state index in [9.17, 15) is 0 Å². The number of hydrogen-bond donors (Lipinski definition) is 0. The Bertz CT molecular complexity index is 623. The minimum absolute atomic E-state index is 0. The molecule has 2 aliphatic rings. The van der Waals surface area contributed by atoms with Crippen LogP contribution in [0.4, 0.5) is 0 Å². The van der Waals surface area contributed by atoms with E-state index in [4.69, 9.17) is 4.74 Å². The van der Waals surface area contributed by atoms with Crippen molar-refractivity contribution in [3.05, 3.63) is 96.1 Å². The third kappa shape index (κ3) is 2.64. The summed E-state index contributed by atoms with van der Waals surface area (Å²) < 4.78 is 6.06. The van der Waals surface area contributed by atoms with E-state index in [2.05, 4.69) is 85.0 Å². The van der Waals surface area contributed by atoms with Gasteiger partial charge in [-0.25, -0.2) is 0 Å². The van der Waals surface area contributed by atoms with Gasteiger partial charge in [-0.3, -0.25) is 0 Å². The summed E-state index contributed by atoms with van der Waals surface area (Å²) in [6, 6.07) is 21.3. The smallest absolute Gasteiger partial charge is 0.128 e. The van der Waals surface area contributed by atoms with Gasteiger partial charge < -0.3 is 4.74 Å². The van der Waals surface area contributed by atoms with Crippen molar-refractivity contribution in [1.29, 1.82) is 0 Å². The summed E-state index contributed by atoms with van der Waals surface area (Å²) in [6.45, 7) is 0. The molecule has 1 aliphatic heterocycles. The number of ether oxygens (including phenoxy) is 1. The largest absolute Gasteiger partial charge is 0.356 e. The van der Waals surface area contributed by atoms with E-state index in [1.807, 2.05) is 0 Å². The van der Waals surface area contributed by atoms with Crippen LogP contribution >= 0.6 is 0 Å². The Balaban J connectivity index is 0.00000132. The molecule has 0 N–H and O–H groups in total. The summed E-state index contributed by atoms with van der Waals surface area (Å²) in [6.07, 6.45) is 8.74. The molecule has 2 aromatic carbocycles. The van der Waals surface area contributed by atoms with E-state index >= 15 is 0 Å². The third-order valence-corrected chi connectivity index (χ3v) is 4.19. The maximum atomic E-state index is 6.06. The van der Waals surface area contributed by atoms with Crippen molar-refractivity contribution < 1.29 is 4.74 Å². The van der Waals surface area contributed by atoms with Crippen molar-refractivity contribution in [2.45, 2.75) is 17.6 Å². The van der Waals surface area contributed by atoms with Crippen LogP contribution in [0, 0.1) is 0 Å². The summed E-state index contributed by atoms with van der Waals surface area (Å²) in [5, 5.41) is 0. The third-order valence-electron chi connectivity index (χ3n) is 4.19. The molecule has 2 heteroatoms. The van der Waals surface area contributed by atoms with E-state index in [1.165, 1.54) is 11.1 Å². The van der Waals surface area contributed by atoms with E-state index in [-0.39, 0.29) is 55.4 Å². The molecule has 0 spiro atoms. The number of rotatable bonds is 3. The Morgan fingerprint density at radius 3 is 1.90 bits per heavy atom. The molecule has 0 saturated carbocycles. The first-order chi connectivity index (χ1) is 9.90. The molecule has 21 heavy (non-hydrogen) atoms. The molecular formula is C19H16CaO. The van der Waals surface area contributed by atoms with Gasteiger partial charge in [-0.2, -0.15) is 0 Å². The van der Waals surface area contributed by atoms with Crippen molar-refractivity contribution in [3.8, 4) is 0 Å². The molecular weight excluding hydrogens is 284 g/mol. The quantitative estimate of drug-likeness (QED) is 0.622. The van der Waals surface area contributed by atoms with Gasteiger partial charge in [0.05, 0.1) is 0 Å². The summed E-state index contributed by atoms with van der Waals surface area (Å²) >= 11 is 0. The van der Waals surface area contributed by atoms with Gasteiger partial charge in [-0.15, -0.1) is 0 Å². The number of allylic oxidation sites excluding steroid dienone is 2. The SMILES string of the molecule is C1=CC2OC2(C(c2ccccc2)c2ccccc2)C=C1.[Ca]. The fourth-order valence-corrected chi connectivity index (χ4v) is 3.21. The minimum atomic E-state index is -0.197. The number of epoxide rings is 1. The Morgan fingerprint density at radius 2 is 1.38 bits per heavy atom. The fourth-order valence-electron chi connectivity index (χ4n) is 3.21. The predicted molar refractivity (Wildman–Crippen MR) is 86.4 cm³/mol. The Morgan fingerprint density at radius 1 is 0.810 bits per heavy atom. The van der Waals surface area contributed by atoms with E-state index in [1.54, 1.807) is 0 Å². The number of benzene rings is 2. The fraction of sp³-hybridized carbons (Fsp3) is 0.158. The molecule has 2 radical (unpaired) electrons. The maximum absolute atomic E-state index is 6.06. The molecule has 0 bridgehead atoms. The Kier molecular flexibility index (Phi) is 4.37. The molecule has 2 aromatic rings. The zero-order valence-corrected chi connectivity index (χ0v) is 14.1. The van der Waals surface area contributed by atoms with Gasteiger partial charge >= 0.3 is 0 Å². The second-order valence-corrected chi connectivity index (χ2v) is 5.39. The van der Waals surface area contributed by atoms with Gasteiger partial charge in [0.15, 0.2) is 0 Å². The second-order valence-electron chi connectivity index (χ2n) is 5.39. The summed E-state index contributed by atoms with van der Waals surface area (Å²) in [4.78, 5) is 0. The zero-order valence-electron chi connectivity index (χ0n) is 11.9. The van der Waals surface area contributed by atoms with Crippen LogP contribution in [0.25, 0.3) is 0 Å². The molecule has 1 nitrogen and oxygen atoms in total. The van der Waals surface area contributed by atoms with Gasteiger partial charge in [0, 0.05) is 43.7 Å². The first kappa shape index (κ1) is 15.1. The van der Waals surface area contributed by atoms with Crippen molar-refractivity contribution in [2.75, 3.05) is 0 Å². The molecule has 2 atom stereocenters. The molecule has 2 unspecified atom stereocenters. The van der Waals surface area contributed by atoms with Crippen molar-refractivity contribution >= 4 is 37.7 Å². The standard InChI is InChI=1S/C19H16O.Ca/c1-3-9-15(10-4-1)18(16-11-5-2-6-12-16)19-14-8-7-13-17(19)20-19;/h1-14,17-18H;. The van der Waals surface area contributed by atoms with Crippen LogP contribution in [0.3, 0.4) is 0 Å².